The molecule has 12 N–H and O–H groups in total. The number of fused-ring (bicyclic) bond motifs is 2. The largest absolute Gasteiger partial charge is 0.505 e. The maximum atomic E-state index is 12.8. The van der Waals surface area contributed by atoms with Gasteiger partial charge in [-0.25, -0.2) is 9.94 Å². The Balaban J connectivity index is 0.000000309. The van der Waals surface area contributed by atoms with Gasteiger partial charge >= 0.3 is 0 Å². The zero-order valence-corrected chi connectivity index (χ0v) is 51.9. The van der Waals surface area contributed by atoms with Crippen molar-refractivity contribution in [2.75, 3.05) is 12.8 Å². The molecule has 38 nitrogen and oxygen atoms in total. The number of benzene rings is 7. The predicted molar refractivity (Wildman–Crippen MR) is 314 cm³/mol. The Morgan fingerprint density at radius 1 is 0.571 bits per heavy atom. The SMILES string of the molecule is CN=Nc1c(S(=O)(=O)O)cc2c(S(=O)(=O)O)c(N=Nc3cc(S(=O)(=O)O)c4cc(SOOO)c(N=Nc5ccc([N+](=O)[O-])cc5S(=O)(=O)O)c(O)c4c3N)ccc2c1O.Cc1ccc(N=Nc2c(C)[nH]n(-c3cc(Cl)c(S(=O)(=O)O)cc3Cl)c2=O)c(S(=O)(=O)O)c1. The number of non-ortho nitro benzene ring substituents is 1. The van der Waals surface area contributed by atoms with Gasteiger partial charge in [0.1, 0.15) is 63.5 Å². The van der Waals surface area contributed by atoms with Gasteiger partial charge in [-0.2, -0.15) is 60.7 Å². The fourth-order valence-corrected chi connectivity index (χ4v) is 13.3. The first-order valence-electron chi connectivity index (χ1n) is 23.2. The van der Waals surface area contributed by atoms with E-state index in [0.29, 0.717) is 23.8 Å². The lowest BCUT2D eigenvalue weighted by molar-refractivity contribution is -0.432. The van der Waals surface area contributed by atoms with Gasteiger partial charge in [-0.15, -0.1) is 35.0 Å². The van der Waals surface area contributed by atoms with Crippen LogP contribution in [-0.2, 0) is 70.1 Å². The Morgan fingerprint density at radius 3 is 1.66 bits per heavy atom. The highest BCUT2D eigenvalue weighted by Crippen LogP contribution is 2.51. The molecule has 0 atom stereocenters. The van der Waals surface area contributed by atoms with E-state index in [-0.39, 0.29) is 44.8 Å². The first kappa shape index (κ1) is 70.0. The molecular formula is C44H34Cl2N12O26S7. The lowest BCUT2D eigenvalue weighted by atomic mass is 10.0. The van der Waals surface area contributed by atoms with Crippen molar-refractivity contribution in [3.63, 3.8) is 0 Å². The minimum Gasteiger partial charge on any atom is -0.505 e. The van der Waals surface area contributed by atoms with Crippen molar-refractivity contribution in [2.45, 2.75) is 48.1 Å². The molecule has 0 amide bonds. The van der Waals surface area contributed by atoms with E-state index in [2.05, 4.69) is 55.4 Å². The molecule has 0 aliphatic heterocycles. The van der Waals surface area contributed by atoms with Gasteiger partial charge in [-0.3, -0.25) is 47.3 Å². The normalized spacial score (nSPS) is 12.9. The quantitative estimate of drug-likeness (QED) is 0.00723. The maximum absolute atomic E-state index is 12.8. The number of phenols is 2. The molecule has 0 fully saturated rings. The Kier molecular flexibility index (Phi) is 20.0. The van der Waals surface area contributed by atoms with E-state index in [0.717, 1.165) is 54.2 Å². The summed E-state index contributed by atoms with van der Waals surface area (Å²) in [5.41, 5.74) is 0.267. The average molecular weight is 1440 g/mol. The van der Waals surface area contributed by atoms with E-state index in [9.17, 15) is 103 Å². The molecule has 0 bridgehead atoms. The molecule has 0 aliphatic rings. The Bertz CT molecular complexity index is 5340. The number of rotatable bonds is 18. The van der Waals surface area contributed by atoms with Crippen molar-refractivity contribution in [2.24, 2.45) is 40.9 Å². The second-order valence-electron chi connectivity index (χ2n) is 17.7. The number of azo groups is 4. The lowest BCUT2D eigenvalue weighted by Crippen LogP contribution is -2.15. The summed E-state index contributed by atoms with van der Waals surface area (Å²) in [6.45, 7) is 3.10. The van der Waals surface area contributed by atoms with Crippen LogP contribution < -0.4 is 11.3 Å². The van der Waals surface area contributed by atoms with Gasteiger partial charge < -0.3 is 15.9 Å². The third kappa shape index (κ3) is 15.1. The molecule has 0 radical (unpaired) electrons. The number of phenolic OH excluding ortho intramolecular Hbond substituents is 2. The second-order valence-corrected chi connectivity index (χ2v) is 27.6. The van der Waals surface area contributed by atoms with Crippen molar-refractivity contribution >= 4 is 169 Å². The van der Waals surface area contributed by atoms with Crippen LogP contribution in [0.3, 0.4) is 0 Å². The molecule has 482 valence electrons. The first-order chi connectivity index (χ1) is 42.0. The van der Waals surface area contributed by atoms with Crippen LogP contribution >= 0.6 is 35.2 Å². The highest BCUT2D eigenvalue weighted by molar-refractivity contribution is 7.94. The summed E-state index contributed by atoms with van der Waals surface area (Å²) in [5, 5.41) is 74.2. The monoisotopic (exact) mass is 1440 g/mol. The summed E-state index contributed by atoms with van der Waals surface area (Å²) >= 11 is 12.0. The molecule has 0 saturated heterocycles. The summed E-state index contributed by atoms with van der Waals surface area (Å²) in [6.07, 6.45) is 0. The number of nitrogens with one attached hydrogen (secondary N) is 1. The molecule has 91 heavy (non-hydrogen) atoms. The molecule has 8 aromatic rings. The number of nitrogen functional groups attached to an aromatic ring is 1. The summed E-state index contributed by atoms with van der Waals surface area (Å²) in [4.78, 5) is 16.8. The second kappa shape index (κ2) is 26.0. The number of nitrogens with two attached hydrogens (primary N) is 1. The molecule has 0 aliphatic carbocycles. The number of hydrogen-bond acceptors (Lipinski definition) is 30. The van der Waals surface area contributed by atoms with Crippen molar-refractivity contribution in [3.05, 3.63) is 121 Å². The zero-order chi connectivity index (χ0) is 68.0. The number of aromatic nitrogens is 2. The Morgan fingerprint density at radius 2 is 1.11 bits per heavy atom. The van der Waals surface area contributed by atoms with Crippen molar-refractivity contribution in [3.8, 4) is 17.2 Å². The minimum atomic E-state index is -5.47. The molecule has 1 heterocycles. The molecule has 7 aromatic carbocycles. The predicted octanol–water partition coefficient (Wildman–Crippen LogP) is 9.85. The van der Waals surface area contributed by atoms with Gasteiger partial charge in [0.25, 0.3) is 72.0 Å². The Labute approximate surface area is 522 Å². The molecule has 0 saturated carbocycles. The fraction of sp³-hybridized carbons (Fsp3) is 0.0682. The third-order valence-electron chi connectivity index (χ3n) is 11.8. The molecular weight excluding hydrogens is 1410 g/mol. The number of anilines is 1. The lowest BCUT2D eigenvalue weighted by Gasteiger charge is -2.15. The molecule has 1 aromatic heterocycles. The number of nitro benzene ring substituents is 1. The average Bonchev–Trinajstić information content (AvgIpc) is 1.30. The van der Waals surface area contributed by atoms with Gasteiger partial charge in [0.2, 0.25) is 0 Å². The van der Waals surface area contributed by atoms with Crippen molar-refractivity contribution < 1.29 is 108 Å². The van der Waals surface area contributed by atoms with Gasteiger partial charge in [-0.05, 0) is 80.1 Å². The fourth-order valence-electron chi connectivity index (χ4n) is 7.99. The summed E-state index contributed by atoms with van der Waals surface area (Å²) in [6, 6.07) is 11.5. The third-order valence-corrected chi connectivity index (χ3v) is 18.5. The van der Waals surface area contributed by atoms with Crippen molar-refractivity contribution in [1.82, 2.24) is 9.78 Å². The number of nitro groups is 1. The summed E-state index contributed by atoms with van der Waals surface area (Å²) in [5.74, 6) is -2.19. The molecule has 0 unspecified atom stereocenters. The maximum Gasteiger partial charge on any atom is 0.299 e. The van der Waals surface area contributed by atoms with Crippen LogP contribution in [0.5, 0.6) is 11.5 Å². The van der Waals surface area contributed by atoms with Crippen LogP contribution in [0.4, 0.5) is 51.2 Å². The summed E-state index contributed by atoms with van der Waals surface area (Å²) < 4.78 is 209. The zero-order valence-electron chi connectivity index (χ0n) is 44.6. The highest BCUT2D eigenvalue weighted by atomic mass is 35.5. The van der Waals surface area contributed by atoms with E-state index in [4.69, 9.17) is 34.2 Å². The topological polar surface area (TPSA) is 611 Å². The van der Waals surface area contributed by atoms with Crippen LogP contribution in [0.15, 0.2) is 159 Å². The number of nitrogens with zero attached hydrogens (tertiary/aromatic N) is 10. The van der Waals surface area contributed by atoms with Crippen LogP contribution in [0, 0.1) is 24.0 Å². The van der Waals surface area contributed by atoms with E-state index in [1.807, 2.05) is 0 Å². The van der Waals surface area contributed by atoms with Gasteiger partial charge in [0.05, 0.1) is 54.4 Å². The Hall–Kier alpha value is -8.46. The standard InChI is InChI=1S/C27H20N8O19S5.C17H14Cl2N4O7S2/c1-29-33-24-20(58(47,48)49)8-12-11(25(24)36)3-5-15(27(12)59(50,51)52)31-32-16-9-18(56(41,42)43)13-7-17(55-54-53-40)23(26(37)21(13)22(16)28)34-30-14-4-2-10(35(38)39)6-19(14)57(44,45)46;1-8-3-4-12(15(5-8)32(28,29)30)20-21-16-9(2)22-23(17(16)24)13-6-11(19)14(7-10(13)18)31(25,26)27/h2-9,36-37,40H,28H2,1H3,(H,41,42,43)(H,44,45,46)(H,47,48,49)(H,50,51,52);3-7,22H,1-2H3,(H,25,26,27)(H,28,29,30). The number of aromatic amines is 1. The van der Waals surface area contributed by atoms with E-state index in [1.165, 1.54) is 19.1 Å². The van der Waals surface area contributed by atoms with Crippen LogP contribution in [0.1, 0.15) is 11.3 Å². The van der Waals surface area contributed by atoms with E-state index >= 15 is 0 Å². The smallest absolute Gasteiger partial charge is 0.299 e. The van der Waals surface area contributed by atoms with E-state index in [1.54, 1.807) is 13.0 Å². The highest BCUT2D eigenvalue weighted by Gasteiger charge is 2.31. The molecule has 8 rings (SSSR count). The van der Waals surface area contributed by atoms with Gasteiger partial charge in [0, 0.05) is 35.3 Å². The van der Waals surface area contributed by atoms with Gasteiger partial charge in [-0.1, -0.05) is 34.3 Å². The van der Waals surface area contributed by atoms with Crippen molar-refractivity contribution in [1.29, 1.82) is 0 Å². The number of aromatic hydroxyl groups is 2. The van der Waals surface area contributed by atoms with Gasteiger partial charge in [0.15, 0.2) is 17.2 Å². The van der Waals surface area contributed by atoms with Crippen LogP contribution in [-0.4, -0.2) is 115 Å². The first-order valence-corrected chi connectivity index (χ1v) is 33.3. The van der Waals surface area contributed by atoms with E-state index < -0.39 is 178 Å². The van der Waals surface area contributed by atoms with Crippen LogP contribution in [0.2, 0.25) is 10.0 Å². The number of aryl methyl sites for hydroxylation is 2. The number of H-pyrrole nitrogens is 1. The molecule has 0 spiro atoms. The summed E-state index contributed by atoms with van der Waals surface area (Å²) in [7, 11) is -29.5. The number of hydrogen-bond donors (Lipinski definition) is 11. The van der Waals surface area contributed by atoms with Crippen LogP contribution in [0.25, 0.3) is 27.2 Å². The minimum absolute atomic E-state index is 0.0109. The number of halogens is 2. The molecule has 47 heteroatoms.